The predicted octanol–water partition coefficient (Wildman–Crippen LogP) is 4.27. The number of pyridine rings is 1. The molecule has 0 bridgehead atoms. The summed E-state index contributed by atoms with van der Waals surface area (Å²) in [6.45, 7) is 3.17. The van der Waals surface area contributed by atoms with Crippen molar-refractivity contribution in [2.24, 2.45) is 0 Å². The van der Waals surface area contributed by atoms with Gasteiger partial charge in [-0.2, -0.15) is 0 Å². The molecule has 0 aliphatic carbocycles. The number of benzene rings is 2. The van der Waals surface area contributed by atoms with Crippen LogP contribution in [0.2, 0.25) is 0 Å². The fourth-order valence-electron chi connectivity index (χ4n) is 3.92. The summed E-state index contributed by atoms with van der Waals surface area (Å²) in [6.07, 6.45) is 3.62. The third-order valence-electron chi connectivity index (χ3n) is 5.51. The van der Waals surface area contributed by atoms with E-state index in [1.54, 1.807) is 0 Å². The van der Waals surface area contributed by atoms with Gasteiger partial charge in [0.05, 0.1) is 11.0 Å². The van der Waals surface area contributed by atoms with Crippen LogP contribution < -0.4 is 10.5 Å². The van der Waals surface area contributed by atoms with Gasteiger partial charge in [0.2, 0.25) is 0 Å². The first kappa shape index (κ1) is 22.1. The van der Waals surface area contributed by atoms with Crippen LogP contribution in [0.25, 0.3) is 21.9 Å². The number of aryl methyl sites for hydroxylation is 2. The summed E-state index contributed by atoms with van der Waals surface area (Å²) < 4.78 is 30.9. The molecule has 0 atom stereocenters. The van der Waals surface area contributed by atoms with E-state index >= 15 is 0 Å². The topological polar surface area (TPSA) is 100 Å². The van der Waals surface area contributed by atoms with E-state index in [2.05, 4.69) is 14.5 Å². The number of fused-ring (bicyclic) bond motifs is 3. The highest BCUT2D eigenvalue weighted by molar-refractivity contribution is 7.90. The predicted molar refractivity (Wildman–Crippen MR) is 129 cm³/mol. The summed E-state index contributed by atoms with van der Waals surface area (Å²) in [6, 6.07) is 15.9. The van der Waals surface area contributed by atoms with Crippen LogP contribution in [-0.4, -0.2) is 35.0 Å². The molecule has 0 unspecified atom stereocenters. The summed E-state index contributed by atoms with van der Waals surface area (Å²) in [5, 5.41) is 0.941. The lowest BCUT2D eigenvalue weighted by molar-refractivity contribution is 0.306. The van der Waals surface area contributed by atoms with Gasteiger partial charge in [-0.25, -0.2) is 18.4 Å². The Morgan fingerprint density at radius 2 is 1.81 bits per heavy atom. The van der Waals surface area contributed by atoms with Crippen molar-refractivity contribution in [3.63, 3.8) is 0 Å². The Hall–Kier alpha value is -3.13. The van der Waals surface area contributed by atoms with E-state index in [0.717, 1.165) is 52.9 Å². The molecular formula is C24H28N4O3S. The number of rotatable bonds is 9. The zero-order valence-electron chi connectivity index (χ0n) is 18.4. The molecule has 0 spiro atoms. The summed E-state index contributed by atoms with van der Waals surface area (Å²) in [5.41, 5.74) is 9.74. The third kappa shape index (κ3) is 5.02. The van der Waals surface area contributed by atoms with Gasteiger partial charge in [-0.15, -0.1) is 0 Å². The molecule has 0 aliphatic heterocycles. The molecular weight excluding hydrogens is 424 g/mol. The number of anilines is 1. The number of unbranched alkanes of at least 4 members (excludes halogenated alkanes) is 2. The van der Waals surface area contributed by atoms with E-state index in [9.17, 15) is 8.42 Å². The fourth-order valence-corrected chi connectivity index (χ4v) is 4.65. The minimum atomic E-state index is -2.92. The highest BCUT2D eigenvalue weighted by Gasteiger charge is 2.16. The Labute approximate surface area is 188 Å². The molecule has 0 aliphatic rings. The first-order valence-electron chi connectivity index (χ1n) is 10.7. The van der Waals surface area contributed by atoms with Crippen LogP contribution in [0, 0.1) is 6.92 Å². The first-order chi connectivity index (χ1) is 15.3. The largest absolute Gasteiger partial charge is 0.489 e. The first-order valence-corrected chi connectivity index (χ1v) is 12.8. The summed E-state index contributed by atoms with van der Waals surface area (Å²) in [5.74, 6) is 2.25. The fraction of sp³-hybridized carbons (Fsp3) is 0.333. The molecule has 0 saturated carbocycles. The Balaban J connectivity index is 1.62. The van der Waals surface area contributed by atoms with Crippen LogP contribution >= 0.6 is 0 Å². The van der Waals surface area contributed by atoms with E-state index in [-0.39, 0.29) is 5.75 Å². The molecule has 8 heteroatoms. The molecule has 2 aromatic heterocycles. The Bertz CT molecular complexity index is 1350. The molecule has 2 aromatic carbocycles. The lowest BCUT2D eigenvalue weighted by atomic mass is 10.1. The van der Waals surface area contributed by atoms with Crippen LogP contribution in [-0.2, 0) is 23.0 Å². The van der Waals surface area contributed by atoms with Gasteiger partial charge in [0.1, 0.15) is 33.5 Å². The Morgan fingerprint density at radius 3 is 2.56 bits per heavy atom. The molecule has 0 amide bonds. The highest BCUT2D eigenvalue weighted by atomic mass is 32.2. The second-order valence-corrected chi connectivity index (χ2v) is 10.4. The Kier molecular flexibility index (Phi) is 6.32. The van der Waals surface area contributed by atoms with Gasteiger partial charge in [-0.1, -0.05) is 36.8 Å². The molecule has 2 N–H and O–H groups in total. The number of hydrogen-bond donors (Lipinski definition) is 1. The maximum absolute atomic E-state index is 11.4. The molecule has 4 aromatic rings. The molecule has 32 heavy (non-hydrogen) atoms. The molecule has 2 heterocycles. The quantitative estimate of drug-likeness (QED) is 0.381. The van der Waals surface area contributed by atoms with Gasteiger partial charge >= 0.3 is 0 Å². The zero-order chi connectivity index (χ0) is 22.7. The van der Waals surface area contributed by atoms with Crippen molar-refractivity contribution < 1.29 is 13.2 Å². The van der Waals surface area contributed by atoms with Crippen molar-refractivity contribution >= 4 is 37.6 Å². The maximum atomic E-state index is 11.4. The van der Waals surface area contributed by atoms with Crippen molar-refractivity contribution in [3.8, 4) is 5.75 Å². The summed E-state index contributed by atoms with van der Waals surface area (Å²) in [7, 11) is -2.92. The van der Waals surface area contributed by atoms with Crippen LogP contribution in [0.4, 0.5) is 5.82 Å². The lowest BCUT2D eigenvalue weighted by Gasteiger charge is -2.11. The second kappa shape index (κ2) is 9.16. The second-order valence-electron chi connectivity index (χ2n) is 8.15. The maximum Gasteiger partial charge on any atom is 0.152 e. The van der Waals surface area contributed by atoms with Gasteiger partial charge in [-0.05, 0) is 43.5 Å². The average molecular weight is 453 g/mol. The standard InChI is InChI=1S/C24H28N4O3S/c1-17-26-22-23(28(17)13-7-4-8-14-32(2,29)30)20-15-19(11-12-21(20)27-24(22)25)31-16-18-9-5-3-6-10-18/h3,5-6,9-12,15H,4,7-8,13-14,16H2,1-2H3,(H2,25,27). The van der Waals surface area contributed by atoms with Crippen molar-refractivity contribution in [1.29, 1.82) is 0 Å². The van der Waals surface area contributed by atoms with E-state index in [1.165, 1.54) is 6.26 Å². The molecule has 168 valence electrons. The molecule has 0 fully saturated rings. The number of aromatic nitrogens is 3. The number of sulfone groups is 1. The molecule has 0 saturated heterocycles. The normalized spacial score (nSPS) is 11.9. The molecule has 4 rings (SSSR count). The minimum Gasteiger partial charge on any atom is -0.489 e. The van der Waals surface area contributed by atoms with Gasteiger partial charge in [-0.3, -0.25) is 0 Å². The van der Waals surface area contributed by atoms with E-state index < -0.39 is 9.84 Å². The number of nitrogens with zero attached hydrogens (tertiary/aromatic N) is 3. The number of imidazole rings is 1. The Morgan fingerprint density at radius 1 is 1.03 bits per heavy atom. The summed E-state index contributed by atoms with van der Waals surface area (Å²) >= 11 is 0. The van der Waals surface area contributed by atoms with Crippen LogP contribution in [0.3, 0.4) is 0 Å². The van der Waals surface area contributed by atoms with Crippen molar-refractivity contribution in [2.45, 2.75) is 39.3 Å². The van der Waals surface area contributed by atoms with Gasteiger partial charge in [0.15, 0.2) is 5.82 Å². The molecule has 7 nitrogen and oxygen atoms in total. The zero-order valence-corrected chi connectivity index (χ0v) is 19.2. The number of nitrogens with two attached hydrogens (primary N) is 1. The number of hydrogen-bond acceptors (Lipinski definition) is 6. The van der Waals surface area contributed by atoms with Crippen molar-refractivity contribution in [1.82, 2.24) is 14.5 Å². The van der Waals surface area contributed by atoms with Crippen LogP contribution in [0.1, 0.15) is 30.7 Å². The van der Waals surface area contributed by atoms with Crippen LogP contribution in [0.5, 0.6) is 5.75 Å². The SMILES string of the molecule is Cc1nc2c(N)nc3ccc(OCc4ccccc4)cc3c2n1CCCCCS(C)(=O)=O. The van der Waals surface area contributed by atoms with E-state index in [4.69, 9.17) is 10.5 Å². The average Bonchev–Trinajstić information content (AvgIpc) is 3.09. The lowest BCUT2D eigenvalue weighted by Crippen LogP contribution is -2.05. The number of ether oxygens (including phenoxy) is 1. The third-order valence-corrected chi connectivity index (χ3v) is 6.54. The smallest absolute Gasteiger partial charge is 0.152 e. The minimum absolute atomic E-state index is 0.221. The monoisotopic (exact) mass is 452 g/mol. The van der Waals surface area contributed by atoms with Gasteiger partial charge in [0.25, 0.3) is 0 Å². The van der Waals surface area contributed by atoms with E-state index in [1.807, 2.05) is 55.5 Å². The summed E-state index contributed by atoms with van der Waals surface area (Å²) in [4.78, 5) is 9.20. The number of nitrogen functional groups attached to an aromatic ring is 1. The van der Waals surface area contributed by atoms with Crippen molar-refractivity contribution in [2.75, 3.05) is 17.7 Å². The van der Waals surface area contributed by atoms with Gasteiger partial charge in [0, 0.05) is 23.9 Å². The van der Waals surface area contributed by atoms with Crippen molar-refractivity contribution in [3.05, 3.63) is 59.9 Å². The van der Waals surface area contributed by atoms with E-state index in [0.29, 0.717) is 24.4 Å². The molecule has 0 radical (unpaired) electrons. The highest BCUT2D eigenvalue weighted by Crippen LogP contribution is 2.31. The van der Waals surface area contributed by atoms with Gasteiger partial charge < -0.3 is 15.0 Å². The van der Waals surface area contributed by atoms with Crippen LogP contribution in [0.15, 0.2) is 48.5 Å².